The van der Waals surface area contributed by atoms with E-state index in [2.05, 4.69) is 15.3 Å². The van der Waals surface area contributed by atoms with Crippen molar-refractivity contribution in [3.8, 4) is 10.6 Å². The Hall–Kier alpha value is -1.84. The highest BCUT2D eigenvalue weighted by molar-refractivity contribution is 7.99. The number of hydrogen-bond acceptors (Lipinski definition) is 6. The van der Waals surface area contributed by atoms with Crippen LogP contribution in [0.1, 0.15) is 9.67 Å². The second-order valence-electron chi connectivity index (χ2n) is 4.26. The van der Waals surface area contributed by atoms with Crippen LogP contribution >= 0.6 is 34.4 Å². The molecular weight excluding hydrogens is 360 g/mol. The predicted molar refractivity (Wildman–Crippen MR) is 89.5 cm³/mol. The van der Waals surface area contributed by atoms with Crippen LogP contribution in [0.25, 0.3) is 10.6 Å². The van der Waals surface area contributed by atoms with Gasteiger partial charge in [0.2, 0.25) is 0 Å². The third-order valence-corrected chi connectivity index (χ3v) is 5.09. The maximum absolute atomic E-state index is 12.2. The van der Waals surface area contributed by atoms with E-state index in [4.69, 9.17) is 0 Å². The van der Waals surface area contributed by atoms with Crippen molar-refractivity contribution >= 4 is 46.0 Å². The number of carbonyl (C=O) groups excluding carboxylic acids is 1. The Labute approximate surface area is 142 Å². The Balaban J connectivity index is 1.67. The minimum absolute atomic E-state index is 0.204. The van der Waals surface area contributed by atoms with Gasteiger partial charge in [-0.25, -0.2) is 9.97 Å². The fourth-order valence-electron chi connectivity index (χ4n) is 1.71. The Morgan fingerprint density at radius 2 is 2.09 bits per heavy atom. The molecule has 0 aromatic carbocycles. The lowest BCUT2D eigenvalue weighted by atomic mass is 10.4. The van der Waals surface area contributed by atoms with Crippen LogP contribution in [0.2, 0.25) is 0 Å². The first-order chi connectivity index (χ1) is 11.1. The smallest absolute Gasteiger partial charge is 0.290 e. The number of amides is 1. The highest BCUT2D eigenvalue weighted by Gasteiger charge is 2.13. The number of aromatic nitrogens is 2. The molecule has 23 heavy (non-hydrogen) atoms. The Bertz CT molecular complexity index is 788. The topological polar surface area (TPSA) is 54.9 Å². The molecule has 0 spiro atoms. The van der Waals surface area contributed by atoms with Crippen LogP contribution in [0.4, 0.5) is 14.5 Å². The van der Waals surface area contributed by atoms with Crippen LogP contribution in [0.15, 0.2) is 46.4 Å². The number of alkyl halides is 2. The number of anilines is 1. The molecule has 3 aromatic heterocycles. The molecule has 0 aliphatic rings. The van der Waals surface area contributed by atoms with Gasteiger partial charge in [0, 0.05) is 10.9 Å². The van der Waals surface area contributed by atoms with Gasteiger partial charge in [-0.2, -0.15) is 20.1 Å². The summed E-state index contributed by atoms with van der Waals surface area (Å²) in [4.78, 5) is 20.7. The number of rotatable bonds is 5. The first kappa shape index (κ1) is 16.0. The minimum atomic E-state index is -2.52. The monoisotopic (exact) mass is 369 g/mol. The molecule has 0 radical (unpaired) electrons. The maximum atomic E-state index is 12.2. The van der Waals surface area contributed by atoms with Crippen LogP contribution in [0, 0.1) is 0 Å². The highest BCUT2D eigenvalue weighted by Crippen LogP contribution is 2.28. The zero-order valence-electron chi connectivity index (χ0n) is 11.4. The lowest BCUT2D eigenvalue weighted by Crippen LogP contribution is -2.10. The van der Waals surface area contributed by atoms with E-state index in [-0.39, 0.29) is 10.9 Å². The van der Waals surface area contributed by atoms with Gasteiger partial charge < -0.3 is 5.32 Å². The number of hydrogen-bond donors (Lipinski definition) is 1. The van der Waals surface area contributed by atoms with Gasteiger partial charge in [-0.1, -0.05) is 0 Å². The molecule has 0 aliphatic heterocycles. The molecule has 0 bridgehead atoms. The molecule has 0 atom stereocenters. The number of thiazole rings is 1. The summed E-state index contributed by atoms with van der Waals surface area (Å²) >= 11 is 3.21. The number of halogens is 2. The molecule has 0 saturated heterocycles. The number of pyridine rings is 1. The van der Waals surface area contributed by atoms with Crippen molar-refractivity contribution in [2.75, 3.05) is 5.32 Å². The number of thiophene rings is 1. The van der Waals surface area contributed by atoms with E-state index in [0.29, 0.717) is 22.3 Å². The van der Waals surface area contributed by atoms with Gasteiger partial charge >= 0.3 is 0 Å². The molecular formula is C14H9F2N3OS3. The first-order valence-electron chi connectivity index (χ1n) is 6.32. The van der Waals surface area contributed by atoms with Crippen molar-refractivity contribution in [2.45, 2.75) is 10.8 Å². The Morgan fingerprint density at radius 3 is 2.74 bits per heavy atom. The summed E-state index contributed by atoms with van der Waals surface area (Å²) in [7, 11) is 0. The summed E-state index contributed by atoms with van der Waals surface area (Å²) in [6.45, 7) is 0. The Morgan fingerprint density at radius 1 is 1.22 bits per heavy atom. The molecule has 0 unspecified atom stereocenters. The molecule has 1 amide bonds. The van der Waals surface area contributed by atoms with E-state index in [1.54, 1.807) is 11.3 Å². The van der Waals surface area contributed by atoms with Gasteiger partial charge in [-0.3, -0.25) is 4.79 Å². The average molecular weight is 369 g/mol. The van der Waals surface area contributed by atoms with E-state index >= 15 is 0 Å². The van der Waals surface area contributed by atoms with Crippen LogP contribution in [0.3, 0.4) is 0 Å². The summed E-state index contributed by atoms with van der Waals surface area (Å²) < 4.78 is 24.4. The average Bonchev–Trinajstić information content (AvgIpc) is 3.19. The Kier molecular flexibility index (Phi) is 4.99. The van der Waals surface area contributed by atoms with E-state index < -0.39 is 5.76 Å². The summed E-state index contributed by atoms with van der Waals surface area (Å²) in [5.41, 5.74) is 1.42. The second-order valence-corrected chi connectivity index (χ2v) is 7.08. The van der Waals surface area contributed by atoms with Crippen LogP contribution in [-0.2, 0) is 0 Å². The molecule has 3 heterocycles. The van der Waals surface area contributed by atoms with Crippen molar-refractivity contribution < 1.29 is 13.6 Å². The molecule has 0 fully saturated rings. The molecule has 0 aliphatic carbocycles. The molecule has 3 rings (SSSR count). The summed E-state index contributed by atoms with van der Waals surface area (Å²) in [6, 6.07) is 4.92. The van der Waals surface area contributed by atoms with Crippen molar-refractivity contribution in [1.82, 2.24) is 9.97 Å². The van der Waals surface area contributed by atoms with E-state index in [9.17, 15) is 13.6 Å². The second kappa shape index (κ2) is 7.16. The van der Waals surface area contributed by atoms with Gasteiger partial charge in [0.05, 0.1) is 18.1 Å². The number of carbonyl (C=O) groups is 1. The van der Waals surface area contributed by atoms with Crippen molar-refractivity contribution in [3.63, 3.8) is 0 Å². The van der Waals surface area contributed by atoms with Gasteiger partial charge in [0.25, 0.3) is 11.7 Å². The minimum Gasteiger partial charge on any atom is -0.320 e. The van der Waals surface area contributed by atoms with Crippen molar-refractivity contribution in [3.05, 3.63) is 46.2 Å². The van der Waals surface area contributed by atoms with E-state index in [1.165, 1.54) is 35.9 Å². The number of thioether (sulfide) groups is 1. The predicted octanol–water partition coefficient (Wildman–Crippen LogP) is 4.83. The van der Waals surface area contributed by atoms with Crippen molar-refractivity contribution in [1.29, 1.82) is 0 Å². The third-order valence-electron chi connectivity index (χ3n) is 2.70. The van der Waals surface area contributed by atoms with Gasteiger partial charge in [-0.15, -0.1) is 11.3 Å². The molecule has 3 aromatic rings. The fraction of sp³-hybridized carbons (Fsp3) is 0.0714. The summed E-state index contributed by atoms with van der Waals surface area (Å²) in [5, 5.41) is 7.56. The van der Waals surface area contributed by atoms with E-state index in [0.717, 1.165) is 10.6 Å². The summed E-state index contributed by atoms with van der Waals surface area (Å²) in [5.74, 6) is -2.82. The summed E-state index contributed by atoms with van der Waals surface area (Å²) in [6.07, 6.45) is 2.87. The molecule has 9 heteroatoms. The zero-order chi connectivity index (χ0) is 16.2. The third kappa shape index (κ3) is 4.12. The van der Waals surface area contributed by atoms with Crippen LogP contribution in [0.5, 0.6) is 0 Å². The largest absolute Gasteiger partial charge is 0.320 e. The maximum Gasteiger partial charge on any atom is 0.290 e. The normalized spacial score (nSPS) is 10.9. The van der Waals surface area contributed by atoms with Gasteiger partial charge in [0.1, 0.15) is 14.9 Å². The fourth-order valence-corrected chi connectivity index (χ4v) is 3.67. The molecule has 1 N–H and O–H groups in total. The standard InChI is InChI=1S/C14H9F2N3OS3/c15-14(16)23-11-2-1-9(5-17-11)19-12(20)10-6-18-13(22-10)8-3-4-21-7-8/h1-7,14H,(H,19,20). The highest BCUT2D eigenvalue weighted by atomic mass is 32.2. The van der Waals surface area contributed by atoms with Crippen molar-refractivity contribution in [2.24, 2.45) is 0 Å². The lowest BCUT2D eigenvalue weighted by Gasteiger charge is -2.04. The zero-order valence-corrected chi connectivity index (χ0v) is 13.9. The number of nitrogens with one attached hydrogen (secondary N) is 1. The van der Waals surface area contributed by atoms with Gasteiger partial charge in [0.15, 0.2) is 0 Å². The first-order valence-corrected chi connectivity index (χ1v) is 8.96. The molecule has 4 nitrogen and oxygen atoms in total. The quantitative estimate of drug-likeness (QED) is 0.654. The molecule has 0 saturated carbocycles. The lowest BCUT2D eigenvalue weighted by molar-refractivity contribution is 0.103. The molecule has 118 valence electrons. The van der Waals surface area contributed by atoms with E-state index in [1.807, 2.05) is 16.8 Å². The SMILES string of the molecule is O=C(Nc1ccc(SC(F)F)nc1)c1cnc(-c2ccsc2)s1. The van der Waals surface area contributed by atoms with Crippen LogP contribution < -0.4 is 5.32 Å². The van der Waals surface area contributed by atoms with Gasteiger partial charge in [-0.05, 0) is 35.3 Å². The van der Waals surface area contributed by atoms with Crippen LogP contribution in [-0.4, -0.2) is 21.6 Å². The number of nitrogens with zero attached hydrogens (tertiary/aromatic N) is 2.